The Labute approximate surface area is 494 Å². The fourth-order valence-corrected chi connectivity index (χ4v) is 11.1. The van der Waals surface area contributed by atoms with E-state index in [1.165, 1.54) is 48.8 Å². The molecule has 8 rings (SSSR count). The minimum atomic E-state index is -4.23. The number of fused-ring (bicyclic) bond motifs is 1. The Bertz CT molecular complexity index is 3720. The van der Waals surface area contributed by atoms with Crippen LogP contribution in [0.15, 0.2) is 132 Å². The molecular formula is C62H65Cl2FN4O12SSi. The highest BCUT2D eigenvalue weighted by atomic mass is 35.5. The second kappa shape index (κ2) is 26.5. The maximum Gasteiger partial charge on any atom is 0.347 e. The van der Waals surface area contributed by atoms with Crippen molar-refractivity contribution in [3.63, 3.8) is 0 Å². The fourth-order valence-electron chi connectivity index (χ4n) is 8.66. The van der Waals surface area contributed by atoms with Crippen LogP contribution in [0.3, 0.4) is 0 Å². The number of furan rings is 1. The normalized spacial score (nSPS) is 12.6. The van der Waals surface area contributed by atoms with E-state index in [1.807, 2.05) is 43.3 Å². The van der Waals surface area contributed by atoms with Crippen LogP contribution in [0.4, 0.5) is 4.39 Å². The van der Waals surface area contributed by atoms with Gasteiger partial charge in [-0.3, -0.25) is 4.18 Å². The van der Waals surface area contributed by atoms with Crippen molar-refractivity contribution in [2.75, 3.05) is 33.5 Å². The summed E-state index contributed by atoms with van der Waals surface area (Å²) >= 11 is 14.6. The first-order chi connectivity index (χ1) is 39.5. The smallest absolute Gasteiger partial charge is 0.347 e. The third-order valence-electron chi connectivity index (χ3n) is 14.0. The third-order valence-corrected chi connectivity index (χ3v) is 20.6. The molecule has 16 nitrogen and oxygen atoms in total. The molecule has 0 unspecified atom stereocenters. The zero-order valence-corrected chi connectivity index (χ0v) is 51.1. The van der Waals surface area contributed by atoms with Gasteiger partial charge in [-0.05, 0) is 135 Å². The molecule has 2 atom stereocenters. The van der Waals surface area contributed by atoms with E-state index in [4.69, 9.17) is 69.6 Å². The topological polar surface area (TPSA) is 190 Å². The van der Waals surface area contributed by atoms with E-state index in [1.54, 1.807) is 58.3 Å². The molecule has 5 aromatic carbocycles. The first-order valence-electron chi connectivity index (χ1n) is 26.6. The van der Waals surface area contributed by atoms with Crippen molar-refractivity contribution in [1.82, 2.24) is 19.9 Å². The molecule has 0 saturated carbocycles. The summed E-state index contributed by atoms with van der Waals surface area (Å²) in [6, 6.07) is 26.5. The number of esters is 1. The van der Waals surface area contributed by atoms with Crippen LogP contribution in [0.25, 0.3) is 44.9 Å². The van der Waals surface area contributed by atoms with Crippen molar-refractivity contribution >= 4 is 58.7 Å². The molecular weight excluding hydrogens is 1140 g/mol. The van der Waals surface area contributed by atoms with Gasteiger partial charge in [-0.15, -0.1) is 6.58 Å². The summed E-state index contributed by atoms with van der Waals surface area (Å²) in [6.07, 6.45) is 1.87. The molecule has 3 heterocycles. The van der Waals surface area contributed by atoms with E-state index in [9.17, 15) is 17.6 Å². The Kier molecular flexibility index (Phi) is 19.7. The molecule has 0 N–H and O–H groups in total. The van der Waals surface area contributed by atoms with Crippen molar-refractivity contribution in [1.29, 1.82) is 0 Å². The van der Waals surface area contributed by atoms with Gasteiger partial charge in [-0.25, -0.2) is 29.1 Å². The molecule has 3 aromatic heterocycles. The minimum Gasteiger partial charge on any atom is -0.543 e. The molecule has 8 aromatic rings. The van der Waals surface area contributed by atoms with Crippen LogP contribution in [0, 0.1) is 26.6 Å². The zero-order valence-electron chi connectivity index (χ0n) is 47.8. The van der Waals surface area contributed by atoms with Crippen LogP contribution in [0.5, 0.6) is 28.9 Å². The summed E-state index contributed by atoms with van der Waals surface area (Å²) in [6.45, 7) is 20.9. The number of carbonyl (C=O) groups excluding carboxylic acids is 1. The highest BCUT2D eigenvalue weighted by Crippen LogP contribution is 2.51. The SMILES string of the molecule is C=CCOC[C@H](COS(=O)(=O)c1ccc(C)cc1)Oc1c(Cl)c(C)c(-c2c(-c3ccc(F)cc3)oc3ncnc(O[C@H](Cc4cc(O[Si](C)(C)C(C)(C)C)ccc4OCc4ccnc(-c5ccccc5OC)n4)C(=O)OCC)c23)c(C)c1Cl. The Morgan fingerprint density at radius 3 is 2.25 bits per heavy atom. The van der Waals surface area contributed by atoms with E-state index < -0.39 is 49.0 Å². The van der Waals surface area contributed by atoms with Gasteiger partial charge in [0.25, 0.3) is 10.1 Å². The van der Waals surface area contributed by atoms with Crippen LogP contribution in [0.1, 0.15) is 55.6 Å². The van der Waals surface area contributed by atoms with Crippen LogP contribution in [-0.2, 0) is 41.6 Å². The van der Waals surface area contributed by atoms with Crippen LogP contribution >= 0.6 is 23.2 Å². The van der Waals surface area contributed by atoms with Crippen LogP contribution in [0.2, 0.25) is 28.2 Å². The van der Waals surface area contributed by atoms with Crippen molar-refractivity contribution in [3.05, 3.63) is 166 Å². The molecule has 83 heavy (non-hydrogen) atoms. The monoisotopic (exact) mass is 1210 g/mol. The summed E-state index contributed by atoms with van der Waals surface area (Å²) in [5, 5.41) is 0.139. The van der Waals surface area contributed by atoms with Gasteiger partial charge < -0.3 is 37.3 Å². The number of benzene rings is 5. The maximum atomic E-state index is 14.6. The van der Waals surface area contributed by atoms with Gasteiger partial charge in [-0.1, -0.05) is 79.9 Å². The third kappa shape index (κ3) is 14.3. The van der Waals surface area contributed by atoms with Gasteiger partial charge in [0.2, 0.25) is 26.0 Å². The van der Waals surface area contributed by atoms with E-state index in [0.717, 1.165) is 5.56 Å². The Hall–Kier alpha value is -7.39. The first kappa shape index (κ1) is 61.7. The van der Waals surface area contributed by atoms with Gasteiger partial charge in [0.15, 0.2) is 11.6 Å². The van der Waals surface area contributed by atoms with Crippen molar-refractivity contribution in [2.45, 2.75) is 96.7 Å². The number of halogens is 3. The van der Waals surface area contributed by atoms with Crippen molar-refractivity contribution in [2.24, 2.45) is 0 Å². The predicted molar refractivity (Wildman–Crippen MR) is 319 cm³/mol. The number of carbonyl (C=O) groups is 1. The molecule has 0 fully saturated rings. The summed E-state index contributed by atoms with van der Waals surface area (Å²) in [4.78, 5) is 32.8. The summed E-state index contributed by atoms with van der Waals surface area (Å²) in [7, 11) is -5.04. The number of aromatic nitrogens is 4. The first-order valence-corrected chi connectivity index (χ1v) is 31.7. The standard InChI is InChI=1S/C62H65Cl2FN4O12SSi/c1-12-30-74-34-45(35-77-82(71,72)46-25-18-37(3)19-26-46)78-57-54(63)38(4)51(39(5)55(57)64)52-53-59(67-36-68-60(53)80-56(52)40-20-22-42(65)23-21-40)79-50(61(70)75-13-2)32-41-31-44(81-83(10,11)62(6,7)8)24-27-48(41)76-33-43-28-29-66-58(69-43)47-16-14-15-17-49(47)73-9/h12,14-29,31,36,45,50H,1,13,30,32-35H2,2-11H3/t45-,50-/m1/s1. The number of hydrogen-bond acceptors (Lipinski definition) is 16. The Morgan fingerprint density at radius 2 is 1.58 bits per heavy atom. The number of rotatable bonds is 25. The van der Waals surface area contributed by atoms with Crippen molar-refractivity contribution < 1.29 is 59.1 Å². The van der Waals surface area contributed by atoms with E-state index in [0.29, 0.717) is 67.7 Å². The lowest BCUT2D eigenvalue weighted by molar-refractivity contribution is -0.151. The second-order valence-corrected chi connectivity index (χ2v) is 28.0. The molecule has 0 bridgehead atoms. The predicted octanol–water partition coefficient (Wildman–Crippen LogP) is 14.3. The highest BCUT2D eigenvalue weighted by molar-refractivity contribution is 7.86. The van der Waals surface area contributed by atoms with Crippen LogP contribution in [-0.4, -0.2) is 88.4 Å². The maximum absolute atomic E-state index is 14.6. The molecule has 0 aliphatic carbocycles. The summed E-state index contributed by atoms with van der Waals surface area (Å²) in [5.74, 6) is 0.953. The highest BCUT2D eigenvalue weighted by Gasteiger charge is 2.39. The van der Waals surface area contributed by atoms with E-state index >= 15 is 0 Å². The van der Waals surface area contributed by atoms with E-state index in [-0.39, 0.29) is 81.3 Å². The van der Waals surface area contributed by atoms with Gasteiger partial charge in [0.05, 0.1) is 53.1 Å². The number of aryl methyl sites for hydroxylation is 1. The Morgan fingerprint density at radius 1 is 0.867 bits per heavy atom. The molecule has 0 saturated heterocycles. The lowest BCUT2D eigenvalue weighted by Crippen LogP contribution is -2.43. The summed E-state index contributed by atoms with van der Waals surface area (Å²) < 4.78 is 97.0. The minimum absolute atomic E-state index is 0.0104. The van der Waals surface area contributed by atoms with Crippen molar-refractivity contribution in [3.8, 4) is 62.7 Å². The number of nitrogens with zero attached hydrogens (tertiary/aromatic N) is 4. The zero-order chi connectivity index (χ0) is 59.8. The number of ether oxygens (including phenoxy) is 6. The van der Waals surface area contributed by atoms with Gasteiger partial charge in [0.1, 0.15) is 59.9 Å². The molecule has 0 aliphatic heterocycles. The molecule has 436 valence electrons. The number of methoxy groups -OCH3 is 1. The van der Waals surface area contributed by atoms with E-state index in [2.05, 4.69) is 55.4 Å². The Balaban J connectivity index is 1.21. The second-order valence-electron chi connectivity index (χ2n) is 20.9. The largest absolute Gasteiger partial charge is 0.543 e. The number of para-hydroxylation sites is 1. The molecule has 0 aliphatic rings. The lowest BCUT2D eigenvalue weighted by Gasteiger charge is -2.36. The average molecular weight is 1210 g/mol. The average Bonchev–Trinajstić information content (AvgIpc) is 3.39. The molecule has 21 heteroatoms. The molecule has 0 spiro atoms. The summed E-state index contributed by atoms with van der Waals surface area (Å²) in [5.41, 5.74) is 4.76. The quantitative estimate of drug-likeness (QED) is 0.0172. The molecule has 0 amide bonds. The van der Waals surface area contributed by atoms with Crippen LogP contribution < -0.4 is 23.4 Å². The lowest BCUT2D eigenvalue weighted by atomic mass is 9.91. The fraction of sp³-hybridized carbons (Fsp3) is 0.306. The number of hydrogen-bond donors (Lipinski definition) is 0. The van der Waals surface area contributed by atoms with Gasteiger partial charge in [0, 0.05) is 29.3 Å². The van der Waals surface area contributed by atoms with Gasteiger partial charge >= 0.3 is 5.97 Å². The van der Waals surface area contributed by atoms with Gasteiger partial charge in [-0.2, -0.15) is 8.42 Å². The molecule has 0 radical (unpaired) electrons.